The average Bonchev–Trinajstić information content (AvgIpc) is 3.23. The molecule has 1 aliphatic rings. The third-order valence-corrected chi connectivity index (χ3v) is 5.92. The van der Waals surface area contributed by atoms with E-state index in [2.05, 4.69) is 39.3 Å². The minimum Gasteiger partial charge on any atom is -0.507 e. The number of thioether (sulfide) groups is 1. The van der Waals surface area contributed by atoms with Gasteiger partial charge in [-0.1, -0.05) is 36.4 Å². The van der Waals surface area contributed by atoms with Crippen LogP contribution in [0.2, 0.25) is 0 Å². The third kappa shape index (κ3) is 5.90. The van der Waals surface area contributed by atoms with Crippen LogP contribution in [0.5, 0.6) is 5.75 Å². The molecule has 0 bridgehead atoms. The normalized spacial score (nSPS) is 15.8. The highest BCUT2D eigenvalue weighted by Crippen LogP contribution is 2.25. The number of anilines is 1. The molecule has 0 saturated heterocycles. The lowest BCUT2D eigenvalue weighted by atomic mass is 10.2. The Morgan fingerprint density at radius 3 is 2.18 bits per heavy atom. The molecule has 1 aliphatic heterocycles. The summed E-state index contributed by atoms with van der Waals surface area (Å²) in [6.07, 6.45) is 1.57. The quantitative estimate of drug-likeness (QED) is 0.341. The predicted molar refractivity (Wildman–Crippen MR) is 144 cm³/mol. The van der Waals surface area contributed by atoms with Crippen molar-refractivity contribution in [2.45, 2.75) is 13.8 Å². The van der Waals surface area contributed by atoms with E-state index in [1.54, 1.807) is 12.3 Å². The van der Waals surface area contributed by atoms with Crippen LogP contribution in [0.15, 0.2) is 98.9 Å². The van der Waals surface area contributed by atoms with Gasteiger partial charge in [-0.15, -0.1) is 0 Å². The molecule has 8 heteroatoms. The fraction of sp³-hybridized carbons (Fsp3) is 0.154. The molecule has 0 fully saturated rings. The highest BCUT2D eigenvalue weighted by molar-refractivity contribution is 8.28. The summed E-state index contributed by atoms with van der Waals surface area (Å²) in [5, 5.41) is 15.9. The van der Waals surface area contributed by atoms with Crippen LogP contribution < -0.4 is 10.3 Å². The van der Waals surface area contributed by atoms with Crippen molar-refractivity contribution in [2.75, 3.05) is 18.0 Å². The molecule has 3 aromatic carbocycles. The number of para-hydroxylation sites is 2. The van der Waals surface area contributed by atoms with Crippen molar-refractivity contribution < 1.29 is 5.11 Å². The van der Waals surface area contributed by atoms with Crippen molar-refractivity contribution in [1.82, 2.24) is 5.43 Å². The summed E-state index contributed by atoms with van der Waals surface area (Å²) in [7, 11) is 0. The van der Waals surface area contributed by atoms with Gasteiger partial charge in [0.15, 0.2) is 11.0 Å². The molecule has 4 rings (SSSR count). The highest BCUT2D eigenvalue weighted by atomic mass is 32.2. The number of hydrogen-bond acceptors (Lipinski definition) is 7. The van der Waals surface area contributed by atoms with Crippen molar-refractivity contribution >= 4 is 51.1 Å². The lowest BCUT2D eigenvalue weighted by Gasteiger charge is -2.21. The molecule has 1 heterocycles. The molecule has 0 radical (unpaired) electrons. The van der Waals surface area contributed by atoms with Crippen molar-refractivity contribution in [2.24, 2.45) is 20.1 Å². The van der Waals surface area contributed by atoms with E-state index in [-0.39, 0.29) is 5.75 Å². The fourth-order valence-corrected chi connectivity index (χ4v) is 4.07. The lowest BCUT2D eigenvalue weighted by Crippen LogP contribution is -2.21. The summed E-state index contributed by atoms with van der Waals surface area (Å²) in [6.45, 7) is 5.93. The maximum atomic E-state index is 10.4. The van der Waals surface area contributed by atoms with Gasteiger partial charge >= 0.3 is 0 Å². The first-order chi connectivity index (χ1) is 16.7. The number of phenols is 1. The average molecular weight is 471 g/mol. The molecule has 0 aromatic heterocycles. The van der Waals surface area contributed by atoms with Crippen molar-refractivity contribution in [3.63, 3.8) is 0 Å². The van der Waals surface area contributed by atoms with Gasteiger partial charge in [0.2, 0.25) is 0 Å². The summed E-state index contributed by atoms with van der Waals surface area (Å²) in [6, 6.07) is 24.9. The zero-order chi connectivity index (χ0) is 23.8. The number of hydrogen-bond donors (Lipinski definition) is 2. The molecule has 0 aliphatic carbocycles. The van der Waals surface area contributed by atoms with Crippen LogP contribution in [0, 0.1) is 0 Å². The molecule has 0 saturated carbocycles. The highest BCUT2D eigenvalue weighted by Gasteiger charge is 2.22. The summed E-state index contributed by atoms with van der Waals surface area (Å²) >= 11 is 1.36. The Balaban J connectivity index is 1.53. The number of nitrogens with one attached hydrogen (secondary N) is 1. The van der Waals surface area contributed by atoms with Gasteiger partial charge in [0.1, 0.15) is 10.8 Å². The SMILES string of the molecule is CCN(CC)c1ccc(/C=N/NC2=NC(=Nc3ccccc3)C(=Nc3ccccc3)S2)c(O)c1. The summed E-state index contributed by atoms with van der Waals surface area (Å²) in [5.41, 5.74) is 6.16. The van der Waals surface area contributed by atoms with Crippen molar-refractivity contribution in [3.8, 4) is 5.75 Å². The van der Waals surface area contributed by atoms with Gasteiger partial charge in [-0.25, -0.2) is 15.0 Å². The fourth-order valence-electron chi connectivity index (χ4n) is 3.33. The Morgan fingerprint density at radius 2 is 1.56 bits per heavy atom. The van der Waals surface area contributed by atoms with Crippen LogP contribution in [-0.2, 0) is 0 Å². The number of hydrazone groups is 1. The first kappa shape index (κ1) is 23.3. The number of benzene rings is 3. The second kappa shape index (κ2) is 11.3. The van der Waals surface area contributed by atoms with Crippen LogP contribution in [0.4, 0.5) is 17.1 Å². The maximum absolute atomic E-state index is 10.4. The van der Waals surface area contributed by atoms with E-state index in [4.69, 9.17) is 4.99 Å². The number of nitrogens with zero attached hydrogens (tertiary/aromatic N) is 5. The summed E-state index contributed by atoms with van der Waals surface area (Å²) in [4.78, 5) is 16.1. The Kier molecular flexibility index (Phi) is 7.72. The minimum absolute atomic E-state index is 0.175. The smallest absolute Gasteiger partial charge is 0.190 e. The predicted octanol–water partition coefficient (Wildman–Crippen LogP) is 5.73. The second-order valence-corrected chi connectivity index (χ2v) is 8.31. The van der Waals surface area contributed by atoms with E-state index in [1.165, 1.54) is 11.8 Å². The molecule has 7 nitrogen and oxygen atoms in total. The van der Waals surface area contributed by atoms with Gasteiger partial charge in [-0.3, -0.25) is 5.43 Å². The number of amidine groups is 2. The number of phenolic OH excluding ortho intramolecular Hbond substituents is 1. The summed E-state index contributed by atoms with van der Waals surface area (Å²) in [5.74, 6) is 0.692. The van der Waals surface area contributed by atoms with E-state index in [9.17, 15) is 5.11 Å². The molecule has 0 amide bonds. The Morgan fingerprint density at radius 1 is 0.912 bits per heavy atom. The first-order valence-electron chi connectivity index (χ1n) is 11.1. The summed E-state index contributed by atoms with van der Waals surface area (Å²) < 4.78 is 0. The molecule has 2 N–H and O–H groups in total. The van der Waals surface area contributed by atoms with E-state index < -0.39 is 0 Å². The topological polar surface area (TPSA) is 84.9 Å². The van der Waals surface area contributed by atoms with E-state index in [1.807, 2.05) is 72.8 Å². The van der Waals surface area contributed by atoms with Crippen molar-refractivity contribution in [1.29, 1.82) is 0 Å². The maximum Gasteiger partial charge on any atom is 0.190 e. The molecule has 34 heavy (non-hydrogen) atoms. The molecular weight excluding hydrogens is 444 g/mol. The number of aliphatic imine (C=N–C) groups is 3. The molecule has 0 unspecified atom stereocenters. The molecule has 0 spiro atoms. The van der Waals surface area contributed by atoms with Gasteiger partial charge in [-0.2, -0.15) is 5.10 Å². The van der Waals surface area contributed by atoms with Crippen LogP contribution >= 0.6 is 11.8 Å². The van der Waals surface area contributed by atoms with Gasteiger partial charge in [0, 0.05) is 30.4 Å². The van der Waals surface area contributed by atoms with Crippen LogP contribution in [0.3, 0.4) is 0 Å². The van der Waals surface area contributed by atoms with Gasteiger partial charge in [0.25, 0.3) is 0 Å². The Hall–Kier alpha value is -3.91. The molecule has 172 valence electrons. The van der Waals surface area contributed by atoms with Crippen LogP contribution in [0.1, 0.15) is 19.4 Å². The van der Waals surface area contributed by atoms with Gasteiger partial charge in [-0.05, 0) is 62.0 Å². The van der Waals surface area contributed by atoms with E-state index >= 15 is 0 Å². The monoisotopic (exact) mass is 470 g/mol. The zero-order valence-corrected chi connectivity index (χ0v) is 19.9. The number of aromatic hydroxyl groups is 1. The molecule has 0 atom stereocenters. The minimum atomic E-state index is 0.175. The van der Waals surface area contributed by atoms with Gasteiger partial charge in [0.05, 0.1) is 17.6 Å². The van der Waals surface area contributed by atoms with Crippen molar-refractivity contribution in [3.05, 3.63) is 84.4 Å². The standard InChI is InChI=1S/C26H26N6OS/c1-3-32(4-2)22-16-15-19(23(33)17-22)18-27-31-26-30-24(28-20-11-7-5-8-12-20)25(34-26)29-21-13-9-6-10-14-21/h5-18,33H,3-4H2,1-2H3,(H,28,30,31)/b27-18+,29-25?. The van der Waals surface area contributed by atoms with E-state index in [0.717, 1.165) is 30.2 Å². The van der Waals surface area contributed by atoms with Gasteiger partial charge < -0.3 is 10.0 Å². The lowest BCUT2D eigenvalue weighted by molar-refractivity contribution is 0.474. The van der Waals surface area contributed by atoms with E-state index in [0.29, 0.717) is 21.6 Å². The largest absolute Gasteiger partial charge is 0.507 e. The first-order valence-corrected chi connectivity index (χ1v) is 11.9. The Bertz CT molecular complexity index is 1230. The molecule has 3 aromatic rings. The molecular formula is C26H26N6OS. The second-order valence-electron chi connectivity index (χ2n) is 7.33. The van der Waals surface area contributed by atoms with Crippen LogP contribution in [0.25, 0.3) is 0 Å². The third-order valence-electron chi connectivity index (χ3n) is 5.08. The Labute approximate surface area is 203 Å². The zero-order valence-electron chi connectivity index (χ0n) is 19.1. The number of rotatable bonds is 7. The van der Waals surface area contributed by atoms with Crippen LogP contribution in [-0.4, -0.2) is 40.5 Å².